The van der Waals surface area contributed by atoms with Gasteiger partial charge >= 0.3 is 0 Å². The Hall–Kier alpha value is -2.93. The summed E-state index contributed by atoms with van der Waals surface area (Å²) in [7, 11) is 0. The van der Waals surface area contributed by atoms with Gasteiger partial charge in [0.15, 0.2) is 0 Å². The number of ether oxygens (including phenoxy) is 1. The molecule has 1 saturated heterocycles. The summed E-state index contributed by atoms with van der Waals surface area (Å²) in [5.74, 6) is -0.279. The van der Waals surface area contributed by atoms with Crippen molar-refractivity contribution in [3.8, 4) is 0 Å². The normalized spacial score (nSPS) is 17.8. The summed E-state index contributed by atoms with van der Waals surface area (Å²) >= 11 is 0. The second-order valence-electron chi connectivity index (χ2n) is 7.39. The molecule has 2 aliphatic rings. The predicted molar refractivity (Wildman–Crippen MR) is 106 cm³/mol. The van der Waals surface area contributed by atoms with E-state index in [1.165, 1.54) is 11.6 Å². The third-order valence-electron chi connectivity index (χ3n) is 5.61. The Balaban J connectivity index is 1.48. The lowest BCUT2D eigenvalue weighted by atomic mass is 9.96. The fourth-order valence-corrected chi connectivity index (χ4v) is 3.74. The minimum atomic E-state index is -0.423. The number of hydrogen-bond donors (Lipinski definition) is 1. The van der Waals surface area contributed by atoms with Crippen LogP contribution in [0.3, 0.4) is 0 Å². The Kier molecular flexibility index (Phi) is 5.00. The lowest BCUT2D eigenvalue weighted by Crippen LogP contribution is -2.36. The van der Waals surface area contributed by atoms with E-state index in [0.717, 1.165) is 12.8 Å². The summed E-state index contributed by atoms with van der Waals surface area (Å²) in [6, 6.07) is 14.9. The smallest absolute Gasteiger partial charge is 0.293 e. The van der Waals surface area contributed by atoms with Gasteiger partial charge in [-0.05, 0) is 30.5 Å². The highest BCUT2D eigenvalue weighted by molar-refractivity contribution is 5.95. The minimum Gasteiger partial charge on any atom is -0.378 e. The van der Waals surface area contributed by atoms with Crippen molar-refractivity contribution in [3.05, 3.63) is 69.8 Å². The van der Waals surface area contributed by atoms with E-state index in [0.29, 0.717) is 44.1 Å². The van der Waals surface area contributed by atoms with Gasteiger partial charge in [0.25, 0.3) is 11.6 Å². The Morgan fingerprint density at radius 1 is 1.14 bits per heavy atom. The Morgan fingerprint density at radius 3 is 2.50 bits per heavy atom. The maximum atomic E-state index is 12.6. The second-order valence-corrected chi connectivity index (χ2v) is 7.39. The molecule has 0 spiro atoms. The first-order valence-electron chi connectivity index (χ1n) is 9.54. The van der Waals surface area contributed by atoms with Crippen LogP contribution >= 0.6 is 0 Å². The molecule has 0 aromatic heterocycles. The van der Waals surface area contributed by atoms with Crippen molar-refractivity contribution < 1.29 is 14.5 Å². The van der Waals surface area contributed by atoms with E-state index < -0.39 is 4.92 Å². The van der Waals surface area contributed by atoms with E-state index in [-0.39, 0.29) is 17.0 Å². The first-order valence-corrected chi connectivity index (χ1v) is 9.54. The van der Waals surface area contributed by atoms with Crippen molar-refractivity contribution in [2.45, 2.75) is 18.3 Å². The minimum absolute atomic E-state index is 0.00338. The summed E-state index contributed by atoms with van der Waals surface area (Å²) in [5, 5.41) is 14.5. The molecule has 0 radical (unpaired) electrons. The Morgan fingerprint density at radius 2 is 1.86 bits per heavy atom. The molecule has 1 aliphatic heterocycles. The molecule has 2 fully saturated rings. The van der Waals surface area contributed by atoms with E-state index in [4.69, 9.17) is 4.74 Å². The molecule has 2 aromatic carbocycles. The van der Waals surface area contributed by atoms with Crippen LogP contribution in [-0.4, -0.2) is 43.7 Å². The van der Waals surface area contributed by atoms with Crippen molar-refractivity contribution >= 4 is 17.3 Å². The summed E-state index contributed by atoms with van der Waals surface area (Å²) < 4.78 is 5.31. The molecule has 1 saturated carbocycles. The van der Waals surface area contributed by atoms with Gasteiger partial charge in [-0.2, -0.15) is 0 Å². The van der Waals surface area contributed by atoms with Crippen molar-refractivity contribution in [1.82, 2.24) is 5.32 Å². The van der Waals surface area contributed by atoms with Crippen molar-refractivity contribution in [1.29, 1.82) is 0 Å². The van der Waals surface area contributed by atoms with Gasteiger partial charge in [0.1, 0.15) is 5.69 Å². The highest BCUT2D eigenvalue weighted by Gasteiger charge is 2.44. The van der Waals surface area contributed by atoms with Crippen LogP contribution in [0.1, 0.15) is 28.8 Å². The third kappa shape index (κ3) is 3.71. The predicted octanol–water partition coefficient (Wildman–Crippen LogP) is 2.89. The van der Waals surface area contributed by atoms with Crippen LogP contribution in [-0.2, 0) is 10.2 Å². The Labute approximate surface area is 163 Å². The monoisotopic (exact) mass is 381 g/mol. The molecule has 7 heteroatoms. The van der Waals surface area contributed by atoms with E-state index in [1.54, 1.807) is 12.1 Å². The molecule has 4 rings (SSSR count). The second kappa shape index (κ2) is 7.59. The van der Waals surface area contributed by atoms with Gasteiger partial charge in [0.2, 0.25) is 0 Å². The molecule has 1 heterocycles. The number of amides is 1. The zero-order chi connectivity index (χ0) is 19.6. The number of benzene rings is 2. The van der Waals surface area contributed by atoms with Crippen LogP contribution in [0.15, 0.2) is 48.5 Å². The van der Waals surface area contributed by atoms with E-state index in [2.05, 4.69) is 17.4 Å². The summed E-state index contributed by atoms with van der Waals surface area (Å²) in [4.78, 5) is 25.7. The van der Waals surface area contributed by atoms with Crippen LogP contribution < -0.4 is 10.2 Å². The van der Waals surface area contributed by atoms with Crippen LogP contribution in [0.25, 0.3) is 0 Å². The number of nitrogens with zero attached hydrogens (tertiary/aromatic N) is 2. The lowest BCUT2D eigenvalue weighted by Gasteiger charge is -2.28. The average molecular weight is 381 g/mol. The number of anilines is 1. The maximum absolute atomic E-state index is 12.6. The molecule has 0 bridgehead atoms. The zero-order valence-electron chi connectivity index (χ0n) is 15.6. The number of carbonyl (C=O) groups excluding carboxylic acids is 1. The van der Waals surface area contributed by atoms with Gasteiger partial charge in [-0.3, -0.25) is 14.9 Å². The molecular formula is C21H23N3O4. The van der Waals surface area contributed by atoms with Crippen molar-refractivity contribution in [3.63, 3.8) is 0 Å². The molecule has 146 valence electrons. The maximum Gasteiger partial charge on any atom is 0.293 e. The highest BCUT2D eigenvalue weighted by atomic mass is 16.6. The van der Waals surface area contributed by atoms with Crippen LogP contribution in [0.5, 0.6) is 0 Å². The number of carbonyl (C=O) groups is 1. The number of nitrogens with one attached hydrogen (secondary N) is 1. The summed E-state index contributed by atoms with van der Waals surface area (Å²) in [5.41, 5.74) is 2.03. The van der Waals surface area contributed by atoms with Gasteiger partial charge in [-0.1, -0.05) is 30.3 Å². The van der Waals surface area contributed by atoms with Crippen LogP contribution in [0.2, 0.25) is 0 Å². The fraction of sp³-hybridized carbons (Fsp3) is 0.381. The molecular weight excluding hydrogens is 358 g/mol. The summed E-state index contributed by atoms with van der Waals surface area (Å²) in [6.45, 7) is 2.83. The number of hydrogen-bond acceptors (Lipinski definition) is 5. The first-order chi connectivity index (χ1) is 13.6. The third-order valence-corrected chi connectivity index (χ3v) is 5.61. The quantitative estimate of drug-likeness (QED) is 0.614. The SMILES string of the molecule is O=C(NCC1(c2ccccc2)CC1)c1ccc(N2CCOCC2)c([N+](=O)[O-])c1. The molecule has 28 heavy (non-hydrogen) atoms. The largest absolute Gasteiger partial charge is 0.378 e. The van der Waals surface area contributed by atoms with Gasteiger partial charge < -0.3 is 15.0 Å². The molecule has 0 atom stereocenters. The Bertz CT molecular complexity index is 874. The van der Waals surface area contributed by atoms with Gasteiger partial charge in [0.05, 0.1) is 18.1 Å². The molecule has 0 unspecified atom stereocenters. The van der Waals surface area contributed by atoms with Crippen molar-refractivity contribution in [2.75, 3.05) is 37.7 Å². The summed E-state index contributed by atoms with van der Waals surface area (Å²) in [6.07, 6.45) is 2.07. The molecule has 1 amide bonds. The zero-order valence-corrected chi connectivity index (χ0v) is 15.6. The number of nitro benzene ring substituents is 1. The average Bonchev–Trinajstić information content (AvgIpc) is 3.54. The molecule has 7 nitrogen and oxygen atoms in total. The molecule has 1 aliphatic carbocycles. The van der Waals surface area contributed by atoms with Crippen LogP contribution in [0.4, 0.5) is 11.4 Å². The van der Waals surface area contributed by atoms with Gasteiger partial charge in [0, 0.05) is 36.7 Å². The topological polar surface area (TPSA) is 84.7 Å². The van der Waals surface area contributed by atoms with Crippen LogP contribution in [0, 0.1) is 10.1 Å². The number of rotatable bonds is 6. The molecule has 1 N–H and O–H groups in total. The standard InChI is InChI=1S/C21H23N3O4/c25-20(22-15-21(8-9-21)17-4-2-1-3-5-17)16-6-7-18(19(14-16)24(26)27)23-10-12-28-13-11-23/h1-7,14H,8-13,15H2,(H,22,25). The molecule has 2 aromatic rings. The first kappa shape index (κ1) is 18.4. The highest BCUT2D eigenvalue weighted by Crippen LogP contribution is 2.47. The van der Waals surface area contributed by atoms with Gasteiger partial charge in [-0.15, -0.1) is 0 Å². The number of morpholine rings is 1. The van der Waals surface area contributed by atoms with E-state index >= 15 is 0 Å². The van der Waals surface area contributed by atoms with E-state index in [9.17, 15) is 14.9 Å². The lowest BCUT2D eigenvalue weighted by molar-refractivity contribution is -0.384. The van der Waals surface area contributed by atoms with Crippen molar-refractivity contribution in [2.24, 2.45) is 0 Å². The fourth-order valence-electron chi connectivity index (χ4n) is 3.74. The number of nitro groups is 1. The van der Waals surface area contributed by atoms with E-state index in [1.807, 2.05) is 23.1 Å². The van der Waals surface area contributed by atoms with Gasteiger partial charge in [-0.25, -0.2) is 0 Å².